The van der Waals surface area contributed by atoms with Crippen LogP contribution in [0.15, 0.2) is 78.0 Å². The van der Waals surface area contributed by atoms with E-state index in [-0.39, 0.29) is 33.7 Å². The van der Waals surface area contributed by atoms with E-state index < -0.39 is 22.5 Å². The van der Waals surface area contributed by atoms with Gasteiger partial charge < -0.3 is 5.32 Å². The number of amides is 1. The molecule has 1 N–H and O–H groups in total. The summed E-state index contributed by atoms with van der Waals surface area (Å²) in [6.07, 6.45) is 0. The minimum absolute atomic E-state index is 0.0979. The Hall–Kier alpha value is -4.12. The Morgan fingerprint density at radius 1 is 1.03 bits per heavy atom. The molecule has 0 radical (unpaired) electrons. The maximum Gasteiger partial charge on any atom is 0.271 e. The molecule has 33 heavy (non-hydrogen) atoms. The van der Waals surface area contributed by atoms with E-state index in [9.17, 15) is 23.7 Å². The molecule has 0 aliphatic heterocycles. The van der Waals surface area contributed by atoms with Crippen molar-refractivity contribution in [3.8, 4) is 17.1 Å². The SMILES string of the molecule is O=C(CSc1nnc(-c2ccccc2F)n1-c1ccc(F)cc1)Nc1cccc([N+](=O)[O-])c1. The molecule has 1 amide bonds. The fourth-order valence-electron chi connectivity index (χ4n) is 3.03. The van der Waals surface area contributed by atoms with Crippen molar-refractivity contribution in [1.29, 1.82) is 0 Å². The molecular weight excluding hydrogens is 452 g/mol. The van der Waals surface area contributed by atoms with Crippen LogP contribution in [0.1, 0.15) is 0 Å². The van der Waals surface area contributed by atoms with Crippen molar-refractivity contribution >= 4 is 29.0 Å². The van der Waals surface area contributed by atoms with Crippen LogP contribution >= 0.6 is 11.8 Å². The van der Waals surface area contributed by atoms with Gasteiger partial charge in [0, 0.05) is 23.5 Å². The fourth-order valence-corrected chi connectivity index (χ4v) is 3.78. The van der Waals surface area contributed by atoms with Gasteiger partial charge >= 0.3 is 0 Å². The Morgan fingerprint density at radius 3 is 2.52 bits per heavy atom. The van der Waals surface area contributed by atoms with Gasteiger partial charge in [-0.3, -0.25) is 19.5 Å². The van der Waals surface area contributed by atoms with Crippen molar-refractivity contribution in [2.75, 3.05) is 11.1 Å². The molecule has 0 aliphatic rings. The van der Waals surface area contributed by atoms with Gasteiger partial charge in [-0.15, -0.1) is 10.2 Å². The fraction of sp³-hybridized carbons (Fsp3) is 0.0455. The molecule has 0 fully saturated rings. The minimum Gasteiger partial charge on any atom is -0.325 e. The second-order valence-corrected chi connectivity index (χ2v) is 7.68. The second-order valence-electron chi connectivity index (χ2n) is 6.74. The molecule has 11 heteroatoms. The summed E-state index contributed by atoms with van der Waals surface area (Å²) in [6.45, 7) is 0. The maximum atomic E-state index is 14.4. The lowest BCUT2D eigenvalue weighted by atomic mass is 10.2. The lowest BCUT2D eigenvalue weighted by molar-refractivity contribution is -0.384. The number of carbonyl (C=O) groups is 1. The second kappa shape index (κ2) is 9.57. The first kappa shape index (κ1) is 22.1. The van der Waals surface area contributed by atoms with Crippen molar-refractivity contribution < 1.29 is 18.5 Å². The Labute approximate surface area is 190 Å². The topological polar surface area (TPSA) is 103 Å². The molecule has 0 bridgehead atoms. The van der Waals surface area contributed by atoms with E-state index in [1.165, 1.54) is 59.2 Å². The van der Waals surface area contributed by atoms with Gasteiger partial charge in [-0.25, -0.2) is 8.78 Å². The number of nitro benzene ring substituents is 1. The van der Waals surface area contributed by atoms with Crippen molar-refractivity contribution in [2.24, 2.45) is 0 Å². The van der Waals surface area contributed by atoms with Crippen LogP contribution in [0.3, 0.4) is 0 Å². The van der Waals surface area contributed by atoms with Gasteiger partial charge in [0.15, 0.2) is 11.0 Å². The Morgan fingerprint density at radius 2 is 1.79 bits per heavy atom. The third kappa shape index (κ3) is 5.04. The normalized spacial score (nSPS) is 10.7. The van der Waals surface area contributed by atoms with E-state index in [1.807, 2.05) is 0 Å². The summed E-state index contributed by atoms with van der Waals surface area (Å²) in [5.74, 6) is -1.28. The summed E-state index contributed by atoms with van der Waals surface area (Å²) < 4.78 is 29.4. The monoisotopic (exact) mass is 467 g/mol. The first-order valence-electron chi connectivity index (χ1n) is 9.56. The van der Waals surface area contributed by atoms with Crippen LogP contribution in [-0.4, -0.2) is 31.3 Å². The highest BCUT2D eigenvalue weighted by Gasteiger charge is 2.20. The van der Waals surface area contributed by atoms with E-state index in [0.717, 1.165) is 11.8 Å². The predicted octanol–water partition coefficient (Wildman–Crippen LogP) is 4.85. The van der Waals surface area contributed by atoms with Gasteiger partial charge in [0.05, 0.1) is 16.2 Å². The average molecular weight is 467 g/mol. The van der Waals surface area contributed by atoms with E-state index in [4.69, 9.17) is 0 Å². The zero-order chi connectivity index (χ0) is 23.4. The lowest BCUT2D eigenvalue weighted by Gasteiger charge is -2.11. The molecule has 0 unspecified atom stereocenters. The summed E-state index contributed by atoms with van der Waals surface area (Å²) in [5.41, 5.74) is 0.816. The summed E-state index contributed by atoms with van der Waals surface area (Å²) in [7, 11) is 0. The zero-order valence-electron chi connectivity index (χ0n) is 16.8. The van der Waals surface area contributed by atoms with Crippen molar-refractivity contribution in [1.82, 2.24) is 14.8 Å². The van der Waals surface area contributed by atoms with E-state index >= 15 is 0 Å². The molecule has 0 saturated carbocycles. The van der Waals surface area contributed by atoms with Crippen LogP contribution in [0.2, 0.25) is 0 Å². The number of thioether (sulfide) groups is 1. The van der Waals surface area contributed by atoms with E-state index in [0.29, 0.717) is 5.69 Å². The molecule has 4 aromatic rings. The number of aromatic nitrogens is 3. The summed E-state index contributed by atoms with van der Waals surface area (Å²) in [5, 5.41) is 22.0. The minimum atomic E-state index is -0.556. The largest absolute Gasteiger partial charge is 0.325 e. The number of nitrogens with one attached hydrogen (secondary N) is 1. The third-order valence-corrected chi connectivity index (χ3v) is 5.43. The number of hydrogen-bond acceptors (Lipinski definition) is 6. The first-order chi connectivity index (χ1) is 15.9. The molecule has 0 spiro atoms. The van der Waals surface area contributed by atoms with Crippen molar-refractivity contribution in [2.45, 2.75) is 5.16 Å². The quantitative estimate of drug-likeness (QED) is 0.237. The number of carbonyl (C=O) groups excluding carboxylic acids is 1. The van der Waals surface area contributed by atoms with E-state index in [2.05, 4.69) is 15.5 Å². The molecule has 0 aliphatic carbocycles. The molecule has 3 aromatic carbocycles. The Balaban J connectivity index is 1.59. The highest BCUT2D eigenvalue weighted by atomic mass is 32.2. The van der Waals surface area contributed by atoms with Crippen LogP contribution < -0.4 is 5.32 Å². The van der Waals surface area contributed by atoms with Gasteiger partial charge in [0.2, 0.25) is 5.91 Å². The van der Waals surface area contributed by atoms with Gasteiger partial charge in [-0.1, -0.05) is 30.0 Å². The van der Waals surface area contributed by atoms with Crippen molar-refractivity contribution in [3.63, 3.8) is 0 Å². The lowest BCUT2D eigenvalue weighted by Crippen LogP contribution is -2.14. The smallest absolute Gasteiger partial charge is 0.271 e. The number of nitrogens with zero attached hydrogens (tertiary/aromatic N) is 4. The van der Waals surface area contributed by atoms with Crippen LogP contribution in [0.5, 0.6) is 0 Å². The third-order valence-electron chi connectivity index (χ3n) is 4.51. The molecule has 0 atom stereocenters. The number of hydrogen-bond donors (Lipinski definition) is 1. The standard InChI is InChI=1S/C22H15F2N5O3S/c23-14-8-10-16(11-9-14)28-21(18-6-1-2-7-19(18)24)26-27-22(28)33-13-20(30)25-15-4-3-5-17(12-15)29(31)32/h1-12H,13H2,(H,25,30). The van der Waals surface area contributed by atoms with Crippen LogP contribution in [-0.2, 0) is 4.79 Å². The molecule has 0 saturated heterocycles. The summed E-state index contributed by atoms with van der Waals surface area (Å²) in [6, 6.07) is 17.1. The highest BCUT2D eigenvalue weighted by molar-refractivity contribution is 7.99. The van der Waals surface area contributed by atoms with E-state index in [1.54, 1.807) is 18.2 Å². The van der Waals surface area contributed by atoms with Crippen LogP contribution in [0.4, 0.5) is 20.2 Å². The van der Waals surface area contributed by atoms with Crippen LogP contribution in [0, 0.1) is 21.7 Å². The number of anilines is 1. The van der Waals surface area contributed by atoms with Crippen molar-refractivity contribution in [3.05, 3.63) is 94.5 Å². The molecule has 1 aromatic heterocycles. The molecular formula is C22H15F2N5O3S. The summed E-state index contributed by atoms with van der Waals surface area (Å²) in [4.78, 5) is 22.8. The molecule has 1 heterocycles. The van der Waals surface area contributed by atoms with Gasteiger partial charge in [-0.2, -0.15) is 0 Å². The number of rotatable bonds is 7. The number of benzene rings is 3. The number of nitro groups is 1. The van der Waals surface area contributed by atoms with Gasteiger partial charge in [0.25, 0.3) is 5.69 Å². The number of non-ortho nitro benzene ring substituents is 1. The molecule has 4 rings (SSSR count). The molecule has 166 valence electrons. The number of halogens is 2. The van der Waals surface area contributed by atoms with Gasteiger partial charge in [0.1, 0.15) is 11.6 Å². The maximum absolute atomic E-state index is 14.4. The first-order valence-corrected chi connectivity index (χ1v) is 10.5. The molecule has 8 nitrogen and oxygen atoms in total. The predicted molar refractivity (Wildman–Crippen MR) is 119 cm³/mol. The van der Waals surface area contributed by atoms with Crippen LogP contribution in [0.25, 0.3) is 17.1 Å². The highest BCUT2D eigenvalue weighted by Crippen LogP contribution is 2.29. The average Bonchev–Trinajstić information content (AvgIpc) is 3.22. The zero-order valence-corrected chi connectivity index (χ0v) is 17.6. The van der Waals surface area contributed by atoms with Gasteiger partial charge in [-0.05, 0) is 42.5 Å². The Bertz CT molecular complexity index is 1330. The Kier molecular flexibility index (Phi) is 6.41. The summed E-state index contributed by atoms with van der Waals surface area (Å²) >= 11 is 1.03.